The number of alkyl halides is 1. The Morgan fingerprint density at radius 2 is 2.12 bits per heavy atom. The standard InChI is InChI=1S/C10H12ClN3OS/c11-6-3-7-1-2-8(4-6)14(7)10(15)9-5-16-13-12-9/h5-8H,1-4H2. The average Bonchev–Trinajstić information content (AvgIpc) is 2.85. The third-order valence-corrected chi connectivity index (χ3v) is 4.35. The van der Waals surface area contributed by atoms with Crippen LogP contribution < -0.4 is 0 Å². The second kappa shape index (κ2) is 3.96. The van der Waals surface area contributed by atoms with Crippen molar-refractivity contribution in [1.82, 2.24) is 14.5 Å². The predicted octanol–water partition coefficient (Wildman–Crippen LogP) is 1.91. The molecule has 1 amide bonds. The molecule has 86 valence electrons. The SMILES string of the molecule is O=C(c1csnn1)N1C2CCC1CC(Cl)C2. The van der Waals surface area contributed by atoms with Crippen LogP contribution in [0.3, 0.4) is 0 Å². The molecule has 2 fully saturated rings. The summed E-state index contributed by atoms with van der Waals surface area (Å²) in [7, 11) is 0. The Hall–Kier alpha value is -0.680. The average molecular weight is 258 g/mol. The summed E-state index contributed by atoms with van der Waals surface area (Å²) in [6.07, 6.45) is 4.00. The molecule has 2 unspecified atom stereocenters. The number of carbonyl (C=O) groups is 1. The molecule has 16 heavy (non-hydrogen) atoms. The summed E-state index contributed by atoms with van der Waals surface area (Å²) in [5.41, 5.74) is 0.481. The third kappa shape index (κ3) is 1.62. The Bertz CT molecular complexity index is 383. The van der Waals surface area contributed by atoms with Crippen LogP contribution in [0.25, 0.3) is 0 Å². The van der Waals surface area contributed by atoms with Gasteiger partial charge in [0.15, 0.2) is 5.69 Å². The van der Waals surface area contributed by atoms with E-state index < -0.39 is 0 Å². The van der Waals surface area contributed by atoms with Gasteiger partial charge in [-0.05, 0) is 37.2 Å². The van der Waals surface area contributed by atoms with Crippen LogP contribution in [0.15, 0.2) is 5.38 Å². The second-order valence-electron chi connectivity index (χ2n) is 4.46. The molecule has 3 rings (SSSR count). The van der Waals surface area contributed by atoms with Crippen LogP contribution in [-0.4, -0.2) is 37.9 Å². The molecular weight excluding hydrogens is 246 g/mol. The Balaban J connectivity index is 1.84. The summed E-state index contributed by atoms with van der Waals surface area (Å²) in [6.45, 7) is 0. The fourth-order valence-electron chi connectivity index (χ4n) is 2.83. The maximum Gasteiger partial charge on any atom is 0.275 e. The van der Waals surface area contributed by atoms with Crippen LogP contribution in [0.2, 0.25) is 0 Å². The summed E-state index contributed by atoms with van der Waals surface area (Å²) in [5.74, 6) is 0.0322. The van der Waals surface area contributed by atoms with Crippen molar-refractivity contribution in [1.29, 1.82) is 0 Å². The zero-order chi connectivity index (χ0) is 11.1. The zero-order valence-corrected chi connectivity index (χ0v) is 10.2. The van der Waals surface area contributed by atoms with Gasteiger partial charge in [-0.3, -0.25) is 4.79 Å². The van der Waals surface area contributed by atoms with Gasteiger partial charge in [0.05, 0.1) is 0 Å². The van der Waals surface area contributed by atoms with E-state index in [1.807, 2.05) is 4.90 Å². The highest BCUT2D eigenvalue weighted by Crippen LogP contribution is 2.38. The normalized spacial score (nSPS) is 33.1. The molecule has 0 aromatic carbocycles. The first-order chi connectivity index (χ1) is 7.75. The molecule has 0 aliphatic carbocycles. The molecule has 0 spiro atoms. The van der Waals surface area contributed by atoms with Gasteiger partial charge < -0.3 is 4.90 Å². The van der Waals surface area contributed by atoms with Crippen LogP contribution in [0, 0.1) is 0 Å². The molecule has 2 aliphatic heterocycles. The van der Waals surface area contributed by atoms with E-state index in [9.17, 15) is 4.79 Å². The lowest BCUT2D eigenvalue weighted by molar-refractivity contribution is 0.0593. The molecule has 2 bridgehead atoms. The van der Waals surface area contributed by atoms with E-state index in [0.29, 0.717) is 17.8 Å². The summed E-state index contributed by atoms with van der Waals surface area (Å²) >= 11 is 7.40. The van der Waals surface area contributed by atoms with Gasteiger partial charge in [-0.25, -0.2) is 0 Å². The van der Waals surface area contributed by atoms with Crippen LogP contribution in [0.5, 0.6) is 0 Å². The highest BCUT2D eigenvalue weighted by Gasteiger charge is 2.43. The minimum atomic E-state index is 0.0322. The number of nitrogens with zero attached hydrogens (tertiary/aromatic N) is 3. The van der Waals surface area contributed by atoms with E-state index in [1.54, 1.807) is 5.38 Å². The van der Waals surface area contributed by atoms with Crippen LogP contribution >= 0.6 is 23.1 Å². The molecule has 3 heterocycles. The number of hydrogen-bond acceptors (Lipinski definition) is 4. The van der Waals surface area contributed by atoms with Gasteiger partial charge in [0, 0.05) is 22.8 Å². The molecule has 1 aromatic heterocycles. The van der Waals surface area contributed by atoms with E-state index in [0.717, 1.165) is 25.7 Å². The molecule has 2 aliphatic rings. The number of aromatic nitrogens is 2. The first kappa shape index (κ1) is 10.5. The molecule has 0 N–H and O–H groups in total. The Kier molecular flexibility index (Phi) is 2.59. The summed E-state index contributed by atoms with van der Waals surface area (Å²) in [4.78, 5) is 14.2. The number of piperidine rings is 1. The molecule has 0 saturated carbocycles. The first-order valence-corrected chi connectivity index (χ1v) is 6.77. The topological polar surface area (TPSA) is 46.1 Å². The molecule has 6 heteroatoms. The highest BCUT2D eigenvalue weighted by molar-refractivity contribution is 7.03. The van der Waals surface area contributed by atoms with Crippen molar-refractivity contribution in [2.75, 3.05) is 0 Å². The van der Waals surface area contributed by atoms with Gasteiger partial charge in [0.1, 0.15) is 0 Å². The zero-order valence-electron chi connectivity index (χ0n) is 8.67. The Morgan fingerprint density at radius 1 is 1.44 bits per heavy atom. The first-order valence-electron chi connectivity index (χ1n) is 5.49. The molecular formula is C10H12ClN3OS. The van der Waals surface area contributed by atoms with Gasteiger partial charge in [-0.15, -0.1) is 16.7 Å². The molecule has 0 radical (unpaired) electrons. The maximum absolute atomic E-state index is 12.2. The largest absolute Gasteiger partial charge is 0.331 e. The summed E-state index contributed by atoms with van der Waals surface area (Å²) in [5, 5.41) is 5.80. The van der Waals surface area contributed by atoms with E-state index in [4.69, 9.17) is 11.6 Å². The maximum atomic E-state index is 12.2. The van der Waals surface area contributed by atoms with E-state index in [-0.39, 0.29) is 11.3 Å². The van der Waals surface area contributed by atoms with Crippen molar-refractivity contribution < 1.29 is 4.79 Å². The summed E-state index contributed by atoms with van der Waals surface area (Å²) < 4.78 is 3.74. The van der Waals surface area contributed by atoms with Gasteiger partial charge in [-0.2, -0.15) is 0 Å². The fraction of sp³-hybridized carbons (Fsp3) is 0.700. The van der Waals surface area contributed by atoms with Crippen molar-refractivity contribution in [2.45, 2.75) is 43.1 Å². The van der Waals surface area contributed by atoms with Gasteiger partial charge in [0.2, 0.25) is 0 Å². The lowest BCUT2D eigenvalue weighted by Gasteiger charge is -2.36. The van der Waals surface area contributed by atoms with Crippen molar-refractivity contribution in [3.63, 3.8) is 0 Å². The van der Waals surface area contributed by atoms with E-state index >= 15 is 0 Å². The lowest BCUT2D eigenvalue weighted by Crippen LogP contribution is -2.47. The number of carbonyl (C=O) groups excluding carboxylic acids is 1. The van der Waals surface area contributed by atoms with Gasteiger partial charge in [0.25, 0.3) is 5.91 Å². The monoisotopic (exact) mass is 257 g/mol. The minimum Gasteiger partial charge on any atom is -0.331 e. The third-order valence-electron chi connectivity index (χ3n) is 3.49. The second-order valence-corrected chi connectivity index (χ2v) is 5.68. The molecule has 2 atom stereocenters. The van der Waals surface area contributed by atoms with Crippen molar-refractivity contribution >= 4 is 29.0 Å². The number of hydrogen-bond donors (Lipinski definition) is 0. The molecule has 1 aromatic rings. The lowest BCUT2D eigenvalue weighted by atomic mass is 10.0. The number of fused-ring (bicyclic) bond motifs is 2. The minimum absolute atomic E-state index is 0.0322. The highest BCUT2D eigenvalue weighted by atomic mass is 35.5. The van der Waals surface area contributed by atoms with Crippen molar-refractivity contribution in [3.8, 4) is 0 Å². The fourth-order valence-corrected chi connectivity index (χ4v) is 3.67. The van der Waals surface area contributed by atoms with Crippen LogP contribution in [0.1, 0.15) is 36.2 Å². The quantitative estimate of drug-likeness (QED) is 0.722. The van der Waals surface area contributed by atoms with E-state index in [1.165, 1.54) is 11.5 Å². The van der Waals surface area contributed by atoms with E-state index in [2.05, 4.69) is 9.59 Å². The van der Waals surface area contributed by atoms with Crippen molar-refractivity contribution in [2.24, 2.45) is 0 Å². The Morgan fingerprint density at radius 3 is 2.69 bits per heavy atom. The molecule has 4 nitrogen and oxygen atoms in total. The van der Waals surface area contributed by atoms with Crippen molar-refractivity contribution in [3.05, 3.63) is 11.1 Å². The van der Waals surface area contributed by atoms with Crippen LogP contribution in [-0.2, 0) is 0 Å². The number of amides is 1. The Labute approximate surface area is 103 Å². The van der Waals surface area contributed by atoms with Crippen LogP contribution in [0.4, 0.5) is 0 Å². The van der Waals surface area contributed by atoms with Gasteiger partial charge in [-0.1, -0.05) is 4.49 Å². The molecule has 2 saturated heterocycles. The summed E-state index contributed by atoms with van der Waals surface area (Å²) in [6, 6.07) is 0.630. The predicted molar refractivity (Wildman–Crippen MR) is 61.8 cm³/mol. The van der Waals surface area contributed by atoms with Gasteiger partial charge >= 0.3 is 0 Å². The number of halogens is 1. The number of rotatable bonds is 1. The smallest absolute Gasteiger partial charge is 0.275 e.